The minimum atomic E-state index is -0.273. The van der Waals surface area contributed by atoms with Gasteiger partial charge in [0.05, 0.1) is 0 Å². The van der Waals surface area contributed by atoms with Crippen LogP contribution in [0.4, 0.5) is 0 Å². The molecule has 32 heavy (non-hydrogen) atoms. The van der Waals surface area contributed by atoms with E-state index in [0.29, 0.717) is 11.7 Å². The molecule has 3 heteroatoms. The van der Waals surface area contributed by atoms with E-state index in [0.717, 1.165) is 34.3 Å². The summed E-state index contributed by atoms with van der Waals surface area (Å²) in [7, 11) is 0. The van der Waals surface area contributed by atoms with E-state index in [9.17, 15) is 10.2 Å². The smallest absolute Gasteiger partial charge is 0.132 e. The van der Waals surface area contributed by atoms with Crippen molar-refractivity contribution in [2.24, 2.45) is 11.3 Å². The molecule has 0 amide bonds. The van der Waals surface area contributed by atoms with E-state index >= 15 is 0 Å². The first-order valence-electron chi connectivity index (χ1n) is 11.2. The van der Waals surface area contributed by atoms with Gasteiger partial charge in [-0.2, -0.15) is 0 Å². The Morgan fingerprint density at radius 3 is 2.72 bits per heavy atom. The van der Waals surface area contributed by atoms with Crippen LogP contribution in [0.2, 0.25) is 0 Å². The fraction of sp³-hybridized carbons (Fsp3) is 0.241. The largest absolute Gasteiger partial charge is 0.508 e. The topological polar surface area (TPSA) is 49.7 Å². The summed E-state index contributed by atoms with van der Waals surface area (Å²) in [5.41, 5.74) is 5.91. The number of benzene rings is 2. The van der Waals surface area contributed by atoms with E-state index < -0.39 is 0 Å². The number of hydrogen-bond acceptors (Lipinski definition) is 3. The molecule has 1 aliphatic heterocycles. The van der Waals surface area contributed by atoms with Gasteiger partial charge in [-0.3, -0.25) is 0 Å². The molecule has 0 saturated heterocycles. The third-order valence-electron chi connectivity index (χ3n) is 7.34. The van der Waals surface area contributed by atoms with Gasteiger partial charge in [-0.15, -0.1) is 0 Å². The second-order valence-electron chi connectivity index (χ2n) is 9.68. The number of hydrogen-bond donors (Lipinski definition) is 2. The zero-order valence-electron chi connectivity index (χ0n) is 18.5. The molecule has 0 spiro atoms. The lowest BCUT2D eigenvalue weighted by Crippen LogP contribution is -2.30. The van der Waals surface area contributed by atoms with Crippen LogP contribution in [0.1, 0.15) is 38.7 Å². The van der Waals surface area contributed by atoms with Crippen molar-refractivity contribution in [3.63, 3.8) is 0 Å². The van der Waals surface area contributed by atoms with E-state index in [4.69, 9.17) is 4.74 Å². The zero-order valence-corrected chi connectivity index (χ0v) is 18.5. The highest BCUT2D eigenvalue weighted by atomic mass is 16.5. The molecule has 2 N–H and O–H groups in total. The molecular weight excluding hydrogens is 396 g/mol. The quantitative estimate of drug-likeness (QED) is 0.513. The molecule has 6 rings (SSSR count). The molecule has 160 valence electrons. The first kappa shape index (κ1) is 19.2. The number of fused-ring (bicyclic) bond motifs is 5. The minimum absolute atomic E-state index is 0.0369. The highest BCUT2D eigenvalue weighted by Gasteiger charge is 2.43. The summed E-state index contributed by atoms with van der Waals surface area (Å²) in [6.45, 7) is 6.60. The van der Waals surface area contributed by atoms with E-state index in [1.807, 2.05) is 30.3 Å². The fourth-order valence-corrected chi connectivity index (χ4v) is 5.90. The lowest BCUT2D eigenvalue weighted by molar-refractivity contribution is 0.365. The molecule has 4 aliphatic rings. The first-order chi connectivity index (χ1) is 15.3. The minimum Gasteiger partial charge on any atom is -0.508 e. The molecule has 0 radical (unpaired) electrons. The van der Waals surface area contributed by atoms with Gasteiger partial charge in [0.1, 0.15) is 23.0 Å². The normalized spacial score (nSPS) is 28.2. The van der Waals surface area contributed by atoms with Crippen LogP contribution in [0.25, 0.3) is 10.8 Å². The van der Waals surface area contributed by atoms with Gasteiger partial charge in [-0.1, -0.05) is 55.4 Å². The first-order valence-corrected chi connectivity index (χ1v) is 11.2. The van der Waals surface area contributed by atoms with Gasteiger partial charge in [-0.25, -0.2) is 0 Å². The molecular formula is C29H26O3. The van der Waals surface area contributed by atoms with Gasteiger partial charge in [0.15, 0.2) is 0 Å². The Morgan fingerprint density at radius 2 is 1.94 bits per heavy atom. The lowest BCUT2D eigenvalue weighted by atomic mass is 9.65. The van der Waals surface area contributed by atoms with Gasteiger partial charge in [0, 0.05) is 22.5 Å². The second-order valence-corrected chi connectivity index (χ2v) is 9.68. The van der Waals surface area contributed by atoms with Gasteiger partial charge in [0.2, 0.25) is 0 Å². The molecule has 0 fully saturated rings. The molecule has 3 nitrogen and oxygen atoms in total. The van der Waals surface area contributed by atoms with Crippen molar-refractivity contribution < 1.29 is 14.9 Å². The monoisotopic (exact) mass is 422 g/mol. The predicted molar refractivity (Wildman–Crippen MR) is 128 cm³/mol. The van der Waals surface area contributed by atoms with Crippen molar-refractivity contribution in [3.05, 3.63) is 106 Å². The number of aromatic hydroxyl groups is 1. The third kappa shape index (κ3) is 2.67. The Hall–Kier alpha value is -3.46. The number of aliphatic hydroxyl groups is 1. The standard InChI is InChI=1S/C29H26O3/c1-16-12-17(2)22(13-16)27-26-21-7-5-19(30)14-18(21)4-9-24(26)32-25-10-11-29(3)15-20(31)6-8-23(29)28(25)27/h4-10,12-15,17,27,30-31H,11H2,1-3H3. The van der Waals surface area contributed by atoms with Crippen molar-refractivity contribution in [1.29, 1.82) is 0 Å². The Bertz CT molecular complexity index is 1380. The molecule has 3 aliphatic carbocycles. The van der Waals surface area contributed by atoms with Gasteiger partial charge in [0.25, 0.3) is 0 Å². The molecule has 3 unspecified atom stereocenters. The number of phenols is 1. The Labute approximate surface area is 188 Å². The average Bonchev–Trinajstić information content (AvgIpc) is 3.08. The second kappa shape index (κ2) is 6.52. The molecule has 0 saturated carbocycles. The number of phenolic OH excluding ortho intramolecular Hbond substituents is 1. The van der Waals surface area contributed by atoms with Crippen LogP contribution in [0.5, 0.6) is 11.5 Å². The van der Waals surface area contributed by atoms with Gasteiger partial charge in [-0.05, 0) is 72.0 Å². The van der Waals surface area contributed by atoms with Crippen LogP contribution < -0.4 is 4.74 Å². The summed E-state index contributed by atoms with van der Waals surface area (Å²) in [5.74, 6) is 2.73. The van der Waals surface area contributed by atoms with Crippen LogP contribution >= 0.6 is 0 Å². The number of allylic oxidation sites excluding steroid dienone is 10. The van der Waals surface area contributed by atoms with Gasteiger partial charge >= 0.3 is 0 Å². The van der Waals surface area contributed by atoms with Crippen molar-refractivity contribution in [1.82, 2.24) is 0 Å². The average molecular weight is 423 g/mol. The van der Waals surface area contributed by atoms with Crippen LogP contribution in [0.15, 0.2) is 101 Å². The molecule has 2 aromatic rings. The Morgan fingerprint density at radius 1 is 1.09 bits per heavy atom. The predicted octanol–water partition coefficient (Wildman–Crippen LogP) is 7.15. The van der Waals surface area contributed by atoms with Crippen LogP contribution in [-0.2, 0) is 0 Å². The molecule has 0 aromatic heterocycles. The molecule has 0 bridgehead atoms. The maximum atomic E-state index is 10.2. The third-order valence-corrected chi connectivity index (χ3v) is 7.34. The number of ether oxygens (including phenoxy) is 1. The van der Waals surface area contributed by atoms with Crippen molar-refractivity contribution in [3.8, 4) is 11.5 Å². The fourth-order valence-electron chi connectivity index (χ4n) is 5.90. The highest BCUT2D eigenvalue weighted by Crippen LogP contribution is 2.57. The Kier molecular flexibility index (Phi) is 3.92. The summed E-state index contributed by atoms with van der Waals surface area (Å²) in [6, 6.07) is 9.63. The summed E-state index contributed by atoms with van der Waals surface area (Å²) in [6.07, 6.45) is 13.4. The Balaban J connectivity index is 1.69. The van der Waals surface area contributed by atoms with E-state index in [1.54, 1.807) is 12.1 Å². The van der Waals surface area contributed by atoms with E-state index in [2.05, 4.69) is 45.1 Å². The van der Waals surface area contributed by atoms with Crippen LogP contribution in [0, 0.1) is 11.3 Å². The summed E-state index contributed by atoms with van der Waals surface area (Å²) < 4.78 is 6.53. The van der Waals surface area contributed by atoms with Crippen molar-refractivity contribution in [2.45, 2.75) is 33.1 Å². The van der Waals surface area contributed by atoms with Crippen LogP contribution in [0.3, 0.4) is 0 Å². The number of aliphatic hydroxyl groups excluding tert-OH is 1. The number of rotatable bonds is 1. The van der Waals surface area contributed by atoms with Crippen molar-refractivity contribution in [2.75, 3.05) is 0 Å². The summed E-state index contributed by atoms with van der Waals surface area (Å²) in [5, 5.41) is 22.4. The maximum Gasteiger partial charge on any atom is 0.132 e. The molecule has 3 atom stereocenters. The van der Waals surface area contributed by atoms with Crippen molar-refractivity contribution >= 4 is 10.8 Å². The maximum absolute atomic E-state index is 10.2. The van der Waals surface area contributed by atoms with Crippen LogP contribution in [-0.4, -0.2) is 10.2 Å². The summed E-state index contributed by atoms with van der Waals surface area (Å²) >= 11 is 0. The highest BCUT2D eigenvalue weighted by molar-refractivity contribution is 5.91. The summed E-state index contributed by atoms with van der Waals surface area (Å²) in [4.78, 5) is 0. The molecule has 1 heterocycles. The van der Waals surface area contributed by atoms with E-state index in [-0.39, 0.29) is 17.1 Å². The van der Waals surface area contributed by atoms with E-state index in [1.165, 1.54) is 22.3 Å². The van der Waals surface area contributed by atoms with Gasteiger partial charge < -0.3 is 14.9 Å². The lowest BCUT2D eigenvalue weighted by Gasteiger charge is -2.42. The molecule has 2 aromatic carbocycles. The SMILES string of the molecule is CC1=CC(C)C(C2C3=C4C=CC(O)=CC4(C)CC=C3Oc3ccc4cc(O)ccc4c32)=C1. The zero-order chi connectivity index (χ0) is 22.2.